The Morgan fingerprint density at radius 3 is 2.80 bits per heavy atom. The number of pyridine rings is 1. The Labute approximate surface area is 124 Å². The van der Waals surface area contributed by atoms with Gasteiger partial charge in [-0.25, -0.2) is 4.39 Å². The lowest BCUT2D eigenvalue weighted by molar-refractivity contribution is 0.268. The molecule has 0 saturated heterocycles. The quantitative estimate of drug-likeness (QED) is 0.834. The highest BCUT2D eigenvalue weighted by atomic mass is 35.5. The van der Waals surface area contributed by atoms with Crippen molar-refractivity contribution in [3.8, 4) is 0 Å². The van der Waals surface area contributed by atoms with E-state index >= 15 is 0 Å². The number of hydrogen-bond donors (Lipinski definition) is 0. The molecule has 0 saturated carbocycles. The second-order valence-electron chi connectivity index (χ2n) is 4.81. The van der Waals surface area contributed by atoms with Crippen LogP contribution in [0.3, 0.4) is 0 Å². The minimum atomic E-state index is -0.386. The van der Waals surface area contributed by atoms with Gasteiger partial charge in [0.05, 0.1) is 5.02 Å². The van der Waals surface area contributed by atoms with Crippen molar-refractivity contribution in [1.82, 2.24) is 9.88 Å². The van der Waals surface area contributed by atoms with Crippen LogP contribution in [0.1, 0.15) is 11.3 Å². The summed E-state index contributed by atoms with van der Waals surface area (Å²) in [6, 6.07) is 10.7. The van der Waals surface area contributed by atoms with E-state index in [1.807, 2.05) is 36.2 Å². The van der Waals surface area contributed by atoms with E-state index in [0.29, 0.717) is 6.54 Å². The van der Waals surface area contributed by atoms with Gasteiger partial charge in [-0.3, -0.25) is 9.88 Å². The Morgan fingerprint density at radius 1 is 1.30 bits per heavy atom. The molecule has 1 aromatic carbocycles. The Kier molecular flexibility index (Phi) is 5.10. The average Bonchev–Trinajstić information content (AvgIpc) is 2.45. The summed E-state index contributed by atoms with van der Waals surface area (Å²) >= 11 is 5.97. The predicted molar refractivity (Wildman–Crippen MR) is 80.0 cm³/mol. The van der Waals surface area contributed by atoms with Crippen molar-refractivity contribution >= 4 is 11.6 Å². The van der Waals surface area contributed by atoms with E-state index in [4.69, 9.17) is 11.6 Å². The largest absolute Gasteiger partial charge is 0.299 e. The number of rotatable bonds is 5. The standard InChI is InChI=1S/C16H17ClFN2/c1-12(10-14-7-3-4-9-19-14)20(2)11-13-6-5-8-15(18)16(13)17/h3-9,12H,1,10-11H2,2H3/t12-/m0/s1. The molecule has 0 fully saturated rings. The SMILES string of the molecule is [CH2][C@@H](Cc1ccccn1)N(C)Cc1cccc(F)c1Cl. The zero-order chi connectivity index (χ0) is 14.5. The van der Waals surface area contributed by atoms with Crippen LogP contribution in [0.25, 0.3) is 0 Å². The lowest BCUT2D eigenvalue weighted by atomic mass is 10.1. The van der Waals surface area contributed by atoms with Crippen LogP contribution in [0, 0.1) is 12.7 Å². The molecule has 0 spiro atoms. The van der Waals surface area contributed by atoms with E-state index in [1.165, 1.54) is 6.07 Å². The average molecular weight is 292 g/mol. The van der Waals surface area contributed by atoms with Gasteiger partial charge in [-0.1, -0.05) is 29.8 Å². The van der Waals surface area contributed by atoms with Gasteiger partial charge < -0.3 is 0 Å². The van der Waals surface area contributed by atoms with Crippen molar-refractivity contribution in [2.24, 2.45) is 0 Å². The van der Waals surface area contributed by atoms with Crippen LogP contribution in [-0.4, -0.2) is 23.0 Å². The van der Waals surface area contributed by atoms with Gasteiger partial charge in [0.1, 0.15) is 5.82 Å². The maximum absolute atomic E-state index is 13.4. The summed E-state index contributed by atoms with van der Waals surface area (Å²) in [6.45, 7) is 4.68. The van der Waals surface area contributed by atoms with E-state index < -0.39 is 0 Å². The lowest BCUT2D eigenvalue weighted by Crippen LogP contribution is -2.31. The molecule has 20 heavy (non-hydrogen) atoms. The lowest BCUT2D eigenvalue weighted by Gasteiger charge is -2.24. The van der Waals surface area contributed by atoms with E-state index in [2.05, 4.69) is 11.9 Å². The molecule has 1 atom stereocenters. The first-order chi connectivity index (χ1) is 9.58. The highest BCUT2D eigenvalue weighted by Gasteiger charge is 2.14. The minimum absolute atomic E-state index is 0.0456. The predicted octanol–water partition coefficient (Wildman–Crippen LogP) is 3.75. The molecule has 2 rings (SSSR count). The second kappa shape index (κ2) is 6.82. The molecule has 2 aromatic rings. The fourth-order valence-corrected chi connectivity index (χ4v) is 2.17. The molecule has 1 aromatic heterocycles. The highest BCUT2D eigenvalue weighted by Crippen LogP contribution is 2.21. The number of benzene rings is 1. The van der Waals surface area contributed by atoms with Gasteiger partial charge in [-0.15, -0.1) is 0 Å². The Balaban J connectivity index is 2.01. The number of halogens is 2. The zero-order valence-electron chi connectivity index (χ0n) is 11.4. The third-order valence-corrected chi connectivity index (χ3v) is 3.67. The number of aromatic nitrogens is 1. The van der Waals surface area contributed by atoms with Crippen LogP contribution >= 0.6 is 11.6 Å². The van der Waals surface area contributed by atoms with Crippen molar-refractivity contribution < 1.29 is 4.39 Å². The topological polar surface area (TPSA) is 16.1 Å². The first kappa shape index (κ1) is 14.9. The summed E-state index contributed by atoms with van der Waals surface area (Å²) in [7, 11) is 1.95. The number of nitrogens with zero attached hydrogens (tertiary/aromatic N) is 2. The molecule has 1 heterocycles. The van der Waals surface area contributed by atoms with Crippen LogP contribution in [0.15, 0.2) is 42.6 Å². The first-order valence-electron chi connectivity index (χ1n) is 6.44. The fraction of sp³-hybridized carbons (Fsp3) is 0.250. The van der Waals surface area contributed by atoms with Crippen LogP contribution < -0.4 is 0 Å². The summed E-state index contributed by atoms with van der Waals surface area (Å²) < 4.78 is 13.4. The molecule has 1 radical (unpaired) electrons. The molecule has 0 aliphatic carbocycles. The van der Waals surface area contributed by atoms with E-state index in [9.17, 15) is 4.39 Å². The summed E-state index contributed by atoms with van der Waals surface area (Å²) in [5.74, 6) is -0.386. The van der Waals surface area contributed by atoms with Crippen LogP contribution in [-0.2, 0) is 13.0 Å². The van der Waals surface area contributed by atoms with Gasteiger partial charge in [-0.05, 0) is 37.7 Å². The highest BCUT2D eigenvalue weighted by molar-refractivity contribution is 6.31. The van der Waals surface area contributed by atoms with Gasteiger partial charge >= 0.3 is 0 Å². The van der Waals surface area contributed by atoms with Crippen LogP contribution in [0.2, 0.25) is 5.02 Å². The number of likely N-dealkylation sites (N-methyl/N-ethyl adjacent to an activating group) is 1. The van der Waals surface area contributed by atoms with Crippen molar-refractivity contribution in [2.45, 2.75) is 19.0 Å². The first-order valence-corrected chi connectivity index (χ1v) is 6.82. The van der Waals surface area contributed by atoms with Gasteiger partial charge in [-0.2, -0.15) is 0 Å². The van der Waals surface area contributed by atoms with E-state index in [0.717, 1.165) is 17.7 Å². The summed E-state index contributed by atoms with van der Waals surface area (Å²) in [5, 5.41) is 0.185. The summed E-state index contributed by atoms with van der Waals surface area (Å²) in [6.07, 6.45) is 2.51. The van der Waals surface area contributed by atoms with E-state index in [1.54, 1.807) is 12.3 Å². The van der Waals surface area contributed by atoms with Gasteiger partial charge in [0.25, 0.3) is 0 Å². The molecule has 4 heteroatoms. The van der Waals surface area contributed by atoms with Crippen LogP contribution in [0.5, 0.6) is 0 Å². The van der Waals surface area contributed by atoms with Crippen molar-refractivity contribution in [3.63, 3.8) is 0 Å². The maximum atomic E-state index is 13.4. The Hall–Kier alpha value is -1.45. The Morgan fingerprint density at radius 2 is 2.10 bits per heavy atom. The van der Waals surface area contributed by atoms with Crippen molar-refractivity contribution in [3.05, 3.63) is 71.6 Å². The fourth-order valence-electron chi connectivity index (χ4n) is 1.98. The van der Waals surface area contributed by atoms with Crippen LogP contribution in [0.4, 0.5) is 4.39 Å². The Bertz CT molecular complexity index is 560. The minimum Gasteiger partial charge on any atom is -0.299 e. The van der Waals surface area contributed by atoms with Gasteiger partial charge in [0.2, 0.25) is 0 Å². The van der Waals surface area contributed by atoms with Crippen molar-refractivity contribution in [1.29, 1.82) is 0 Å². The third kappa shape index (κ3) is 3.78. The zero-order valence-corrected chi connectivity index (χ0v) is 12.1. The molecule has 2 nitrogen and oxygen atoms in total. The smallest absolute Gasteiger partial charge is 0.142 e. The van der Waals surface area contributed by atoms with Crippen molar-refractivity contribution in [2.75, 3.05) is 7.05 Å². The monoisotopic (exact) mass is 291 g/mol. The van der Waals surface area contributed by atoms with Gasteiger partial charge in [0, 0.05) is 30.9 Å². The summed E-state index contributed by atoms with van der Waals surface area (Å²) in [5.41, 5.74) is 1.76. The molecule has 0 bridgehead atoms. The third-order valence-electron chi connectivity index (χ3n) is 3.25. The molecular weight excluding hydrogens is 275 g/mol. The molecule has 0 amide bonds. The summed E-state index contributed by atoms with van der Waals surface area (Å²) in [4.78, 5) is 6.32. The maximum Gasteiger partial charge on any atom is 0.142 e. The van der Waals surface area contributed by atoms with E-state index in [-0.39, 0.29) is 16.9 Å². The van der Waals surface area contributed by atoms with Gasteiger partial charge in [0.15, 0.2) is 0 Å². The normalized spacial score (nSPS) is 12.7. The molecule has 0 unspecified atom stereocenters. The molecular formula is C16H17ClFN2. The molecule has 0 N–H and O–H groups in total. The molecule has 105 valence electrons. The molecule has 0 aliphatic heterocycles. The number of hydrogen-bond acceptors (Lipinski definition) is 2. The molecule has 0 aliphatic rings. The second-order valence-corrected chi connectivity index (χ2v) is 5.19.